The predicted octanol–water partition coefficient (Wildman–Crippen LogP) is 4.27. The zero-order valence-electron chi connectivity index (χ0n) is 18.9. The van der Waals surface area contributed by atoms with Gasteiger partial charge in [-0.2, -0.15) is 0 Å². The normalized spacial score (nSPS) is 11.2. The van der Waals surface area contributed by atoms with E-state index in [0.29, 0.717) is 13.0 Å². The maximum absolute atomic E-state index is 12.9. The molecule has 0 spiro atoms. The molecule has 0 aliphatic rings. The molecule has 0 fully saturated rings. The van der Waals surface area contributed by atoms with Crippen molar-refractivity contribution < 1.29 is 18.7 Å². The van der Waals surface area contributed by atoms with E-state index < -0.39 is 0 Å². The Morgan fingerprint density at radius 1 is 0.968 bits per heavy atom. The van der Waals surface area contributed by atoms with Gasteiger partial charge in [0.1, 0.15) is 5.82 Å². The van der Waals surface area contributed by atoms with E-state index in [4.69, 9.17) is 9.47 Å². The first kappa shape index (κ1) is 24.4. The summed E-state index contributed by atoms with van der Waals surface area (Å²) in [6.07, 6.45) is 5.82. The molecular formula is C25H33FN2O3. The predicted molar refractivity (Wildman–Crippen MR) is 123 cm³/mol. The van der Waals surface area contributed by atoms with Gasteiger partial charge in [-0.25, -0.2) is 4.39 Å². The number of benzene rings is 2. The average Bonchev–Trinajstić information content (AvgIpc) is 2.78. The summed E-state index contributed by atoms with van der Waals surface area (Å²) in [5, 5.41) is 0. The van der Waals surface area contributed by atoms with Gasteiger partial charge in [-0.15, -0.1) is 0 Å². The minimum absolute atomic E-state index is 0.0753. The van der Waals surface area contributed by atoms with Crippen LogP contribution in [-0.4, -0.2) is 63.7 Å². The van der Waals surface area contributed by atoms with Crippen LogP contribution in [0.1, 0.15) is 24.0 Å². The fourth-order valence-electron chi connectivity index (χ4n) is 3.20. The lowest BCUT2D eigenvalue weighted by Gasteiger charge is -2.20. The van der Waals surface area contributed by atoms with Crippen molar-refractivity contribution in [3.8, 4) is 11.5 Å². The number of rotatable bonds is 12. The van der Waals surface area contributed by atoms with Crippen molar-refractivity contribution in [1.82, 2.24) is 9.80 Å². The van der Waals surface area contributed by atoms with Crippen molar-refractivity contribution in [2.24, 2.45) is 0 Å². The van der Waals surface area contributed by atoms with Crippen LogP contribution in [0.5, 0.6) is 11.5 Å². The molecule has 31 heavy (non-hydrogen) atoms. The van der Waals surface area contributed by atoms with E-state index in [-0.39, 0.29) is 11.7 Å². The third-order valence-electron chi connectivity index (χ3n) is 5.16. The third-order valence-corrected chi connectivity index (χ3v) is 5.16. The number of methoxy groups -OCH3 is 2. The lowest BCUT2D eigenvalue weighted by molar-refractivity contribution is -0.129. The minimum Gasteiger partial charge on any atom is -0.493 e. The van der Waals surface area contributed by atoms with Gasteiger partial charge in [-0.05, 0) is 61.8 Å². The average molecular weight is 429 g/mol. The first-order chi connectivity index (χ1) is 14.9. The lowest BCUT2D eigenvalue weighted by atomic mass is 10.1. The third kappa shape index (κ3) is 8.42. The molecule has 0 atom stereocenters. The molecule has 0 unspecified atom stereocenters. The van der Waals surface area contributed by atoms with Crippen molar-refractivity contribution in [3.05, 3.63) is 65.5 Å². The quantitative estimate of drug-likeness (QED) is 0.506. The van der Waals surface area contributed by atoms with Crippen LogP contribution in [0.15, 0.2) is 48.5 Å². The van der Waals surface area contributed by atoms with Gasteiger partial charge in [0.25, 0.3) is 0 Å². The van der Waals surface area contributed by atoms with Crippen LogP contribution in [0.3, 0.4) is 0 Å². The van der Waals surface area contributed by atoms with Crippen LogP contribution in [0, 0.1) is 5.82 Å². The Balaban J connectivity index is 1.67. The van der Waals surface area contributed by atoms with Gasteiger partial charge in [0.2, 0.25) is 5.91 Å². The number of amides is 1. The number of hydrogen-bond donors (Lipinski definition) is 0. The van der Waals surface area contributed by atoms with Crippen LogP contribution in [-0.2, 0) is 11.2 Å². The Kier molecular flexibility index (Phi) is 10.0. The van der Waals surface area contributed by atoms with Gasteiger partial charge in [-0.1, -0.05) is 30.4 Å². The largest absolute Gasteiger partial charge is 0.493 e. The number of ether oxygens (including phenoxy) is 2. The van der Waals surface area contributed by atoms with Gasteiger partial charge in [-0.3, -0.25) is 4.79 Å². The summed E-state index contributed by atoms with van der Waals surface area (Å²) in [5.41, 5.74) is 2.08. The van der Waals surface area contributed by atoms with Crippen molar-refractivity contribution in [3.63, 3.8) is 0 Å². The number of carbonyl (C=O) groups is 1. The van der Waals surface area contributed by atoms with Gasteiger partial charge < -0.3 is 19.3 Å². The van der Waals surface area contributed by atoms with Crippen molar-refractivity contribution in [1.29, 1.82) is 0 Å². The lowest BCUT2D eigenvalue weighted by Crippen LogP contribution is -2.30. The molecule has 5 nitrogen and oxygen atoms in total. The molecule has 2 rings (SSSR count). The first-order valence-corrected chi connectivity index (χ1v) is 10.5. The van der Waals surface area contributed by atoms with Gasteiger partial charge in [0.05, 0.1) is 14.2 Å². The maximum Gasteiger partial charge on any atom is 0.226 e. The fourth-order valence-corrected chi connectivity index (χ4v) is 3.20. The second-order valence-electron chi connectivity index (χ2n) is 7.57. The number of hydrogen-bond acceptors (Lipinski definition) is 4. The summed E-state index contributed by atoms with van der Waals surface area (Å²) in [6, 6.07) is 12.2. The van der Waals surface area contributed by atoms with E-state index in [0.717, 1.165) is 43.0 Å². The van der Waals surface area contributed by atoms with Gasteiger partial charge in [0.15, 0.2) is 11.5 Å². The molecule has 0 heterocycles. The zero-order chi connectivity index (χ0) is 22.6. The topological polar surface area (TPSA) is 42.0 Å². The molecule has 1 amide bonds. The number of nitrogens with zero attached hydrogens (tertiary/aromatic N) is 2. The van der Waals surface area contributed by atoms with Crippen molar-refractivity contribution in [2.45, 2.75) is 19.3 Å². The van der Waals surface area contributed by atoms with E-state index in [9.17, 15) is 9.18 Å². The van der Waals surface area contributed by atoms with Crippen LogP contribution in [0.4, 0.5) is 4.39 Å². The van der Waals surface area contributed by atoms with Crippen LogP contribution in [0.25, 0.3) is 6.08 Å². The molecule has 0 N–H and O–H groups in total. The molecule has 2 aromatic carbocycles. The highest BCUT2D eigenvalue weighted by molar-refractivity contribution is 5.78. The van der Waals surface area contributed by atoms with Gasteiger partial charge in [0, 0.05) is 26.6 Å². The standard InChI is InChI=1S/C25H33FN2O3/c1-27(18-15-21-11-14-23(30-3)24(19-21)31-4)16-6-17-28(2)25(29)8-5-7-20-9-12-22(26)13-10-20/h5,7,9-14,19H,6,8,15-18H2,1-4H3. The van der Waals surface area contributed by atoms with E-state index in [2.05, 4.69) is 18.0 Å². The van der Waals surface area contributed by atoms with E-state index in [1.807, 2.05) is 31.3 Å². The molecule has 0 saturated heterocycles. The summed E-state index contributed by atoms with van der Waals surface area (Å²) >= 11 is 0. The zero-order valence-corrected chi connectivity index (χ0v) is 18.9. The molecule has 0 aliphatic heterocycles. The van der Waals surface area contributed by atoms with Crippen molar-refractivity contribution >= 4 is 12.0 Å². The molecule has 0 aromatic heterocycles. The molecule has 6 heteroatoms. The number of carbonyl (C=O) groups excluding carboxylic acids is 1. The smallest absolute Gasteiger partial charge is 0.226 e. The Hall–Kier alpha value is -2.86. The van der Waals surface area contributed by atoms with E-state index in [1.54, 1.807) is 31.3 Å². The summed E-state index contributed by atoms with van der Waals surface area (Å²) in [5.74, 6) is 1.30. The van der Waals surface area contributed by atoms with Crippen molar-refractivity contribution in [2.75, 3.05) is 47.9 Å². The fraction of sp³-hybridized carbons (Fsp3) is 0.400. The molecule has 0 radical (unpaired) electrons. The molecule has 168 valence electrons. The highest BCUT2D eigenvalue weighted by Crippen LogP contribution is 2.27. The number of likely N-dealkylation sites (N-methyl/N-ethyl adjacent to an activating group) is 1. The second-order valence-corrected chi connectivity index (χ2v) is 7.57. The Bertz CT molecular complexity index is 852. The number of halogens is 1. The second kappa shape index (κ2) is 12.7. The summed E-state index contributed by atoms with van der Waals surface area (Å²) in [7, 11) is 7.20. The molecule has 0 aliphatic carbocycles. The minimum atomic E-state index is -0.262. The highest BCUT2D eigenvalue weighted by Gasteiger charge is 2.08. The molecule has 0 bridgehead atoms. The Morgan fingerprint density at radius 2 is 1.68 bits per heavy atom. The SMILES string of the molecule is COc1ccc(CCN(C)CCCN(C)C(=O)CC=Cc2ccc(F)cc2)cc1OC. The maximum atomic E-state index is 12.9. The van der Waals surface area contributed by atoms with Crippen LogP contribution in [0.2, 0.25) is 0 Å². The monoisotopic (exact) mass is 428 g/mol. The van der Waals surface area contributed by atoms with Gasteiger partial charge >= 0.3 is 0 Å². The highest BCUT2D eigenvalue weighted by atomic mass is 19.1. The first-order valence-electron chi connectivity index (χ1n) is 10.5. The van der Waals surface area contributed by atoms with Crippen LogP contribution < -0.4 is 9.47 Å². The van der Waals surface area contributed by atoms with E-state index in [1.165, 1.54) is 17.7 Å². The van der Waals surface area contributed by atoms with Crippen LogP contribution >= 0.6 is 0 Å². The summed E-state index contributed by atoms with van der Waals surface area (Å²) in [4.78, 5) is 16.3. The Labute approximate surface area is 185 Å². The molecule has 2 aromatic rings. The molecule has 0 saturated carbocycles. The summed E-state index contributed by atoms with van der Waals surface area (Å²) in [6.45, 7) is 2.55. The Morgan fingerprint density at radius 3 is 2.35 bits per heavy atom. The molecular weight excluding hydrogens is 395 g/mol. The van der Waals surface area contributed by atoms with E-state index >= 15 is 0 Å². The summed E-state index contributed by atoms with van der Waals surface area (Å²) < 4.78 is 23.6.